The predicted octanol–water partition coefficient (Wildman–Crippen LogP) is 3.37. The van der Waals surface area contributed by atoms with Gasteiger partial charge in [0, 0.05) is 28.8 Å². The molecule has 2 amide bonds. The summed E-state index contributed by atoms with van der Waals surface area (Å²) < 4.78 is 0. The quantitative estimate of drug-likeness (QED) is 0.135. The summed E-state index contributed by atoms with van der Waals surface area (Å²) in [4.78, 5) is 55.4. The smallest absolute Gasteiger partial charge is 0.353 e. The molecule has 6 N–H and O–H groups in total. The van der Waals surface area contributed by atoms with Gasteiger partial charge >= 0.3 is 11.9 Å². The van der Waals surface area contributed by atoms with Crippen LogP contribution in [-0.2, 0) is 19.2 Å². The largest absolute Gasteiger partial charge is 0.481 e. The Morgan fingerprint density at radius 2 is 2.02 bits per heavy atom. The highest BCUT2D eigenvalue weighted by Gasteiger charge is 2.54. The van der Waals surface area contributed by atoms with Crippen LogP contribution in [0.15, 0.2) is 35.0 Å². The molecular formula is C23H21Cl2N5O6S4. The average Bonchev–Trinajstić information content (AvgIpc) is 3.37. The van der Waals surface area contributed by atoms with E-state index >= 15 is 0 Å². The molecule has 2 aromatic rings. The lowest BCUT2D eigenvalue weighted by molar-refractivity contribution is -0.150. The van der Waals surface area contributed by atoms with E-state index in [0.29, 0.717) is 25.6 Å². The molecule has 2 aliphatic heterocycles. The van der Waals surface area contributed by atoms with Crippen molar-refractivity contribution in [2.75, 3.05) is 16.8 Å². The zero-order valence-corrected chi connectivity index (χ0v) is 25.0. The van der Waals surface area contributed by atoms with Crippen molar-refractivity contribution in [2.24, 2.45) is 5.73 Å². The number of rotatable bonds is 11. The third kappa shape index (κ3) is 6.90. The number of thiocarbonyl (C=S) groups is 1. The summed E-state index contributed by atoms with van der Waals surface area (Å²) in [5, 5.41) is 24.9. The van der Waals surface area contributed by atoms with Crippen LogP contribution in [-0.4, -0.2) is 77.8 Å². The first-order chi connectivity index (χ1) is 19.0. The van der Waals surface area contributed by atoms with Gasteiger partial charge in [-0.25, -0.2) is 9.78 Å². The molecule has 17 heteroatoms. The van der Waals surface area contributed by atoms with Gasteiger partial charge in [0.05, 0.1) is 31.7 Å². The molecule has 0 aliphatic carbocycles. The Morgan fingerprint density at radius 3 is 2.70 bits per heavy atom. The van der Waals surface area contributed by atoms with Gasteiger partial charge in [-0.3, -0.25) is 19.3 Å². The predicted molar refractivity (Wildman–Crippen MR) is 160 cm³/mol. The average molecular weight is 663 g/mol. The number of nitrogens with two attached hydrogens (primary N) is 1. The van der Waals surface area contributed by atoms with Crippen molar-refractivity contribution in [3.8, 4) is 0 Å². The molecule has 1 saturated heterocycles. The van der Waals surface area contributed by atoms with Crippen LogP contribution >= 0.6 is 70.3 Å². The fraction of sp³-hybridized carbons (Fsp3) is 0.304. The maximum Gasteiger partial charge on any atom is 0.353 e. The minimum absolute atomic E-state index is 0.0322. The Hall–Kier alpha value is -2.40. The van der Waals surface area contributed by atoms with Gasteiger partial charge in [-0.2, -0.15) is 0 Å². The van der Waals surface area contributed by atoms with E-state index < -0.39 is 35.3 Å². The Kier molecular flexibility index (Phi) is 9.98. The highest BCUT2D eigenvalue weighted by atomic mass is 35.5. The second-order valence-corrected chi connectivity index (χ2v) is 12.9. The summed E-state index contributed by atoms with van der Waals surface area (Å²) in [7, 11) is 0. The molecule has 1 fully saturated rings. The Bertz CT molecular complexity index is 1420. The minimum Gasteiger partial charge on any atom is -0.481 e. The second-order valence-electron chi connectivity index (χ2n) is 8.51. The van der Waals surface area contributed by atoms with Gasteiger partial charge in [0.1, 0.15) is 17.1 Å². The third-order valence-electron chi connectivity index (χ3n) is 5.79. The number of benzene rings is 1. The summed E-state index contributed by atoms with van der Waals surface area (Å²) in [5.74, 6) is -2.86. The molecule has 0 radical (unpaired) electrons. The number of aliphatic carboxylic acids is 2. The molecule has 2 aliphatic rings. The summed E-state index contributed by atoms with van der Waals surface area (Å²) in [5.41, 5.74) is 6.17. The van der Waals surface area contributed by atoms with E-state index in [2.05, 4.69) is 15.6 Å². The van der Waals surface area contributed by atoms with Gasteiger partial charge in [0.25, 0.3) is 5.91 Å². The maximum atomic E-state index is 13.0. The van der Waals surface area contributed by atoms with Crippen molar-refractivity contribution in [1.82, 2.24) is 15.2 Å². The van der Waals surface area contributed by atoms with Gasteiger partial charge < -0.3 is 26.6 Å². The van der Waals surface area contributed by atoms with Gasteiger partial charge in [-0.1, -0.05) is 46.8 Å². The molecule has 3 unspecified atom stereocenters. The summed E-state index contributed by atoms with van der Waals surface area (Å²) in [6, 6.07) is 3.45. The topological polar surface area (TPSA) is 175 Å². The zero-order valence-electron chi connectivity index (χ0n) is 20.3. The number of halogens is 2. The number of aromatic nitrogens is 1. The molecule has 4 rings (SSSR count). The summed E-state index contributed by atoms with van der Waals surface area (Å²) >= 11 is 20.8. The number of carbonyl (C=O) groups excluding carboxylic acids is 2. The fourth-order valence-corrected chi connectivity index (χ4v) is 7.53. The molecule has 1 aromatic carbocycles. The van der Waals surface area contributed by atoms with Crippen molar-refractivity contribution in [3.63, 3.8) is 0 Å². The Labute approximate surface area is 255 Å². The molecule has 11 nitrogen and oxygen atoms in total. The Morgan fingerprint density at radius 1 is 1.27 bits per heavy atom. The van der Waals surface area contributed by atoms with Gasteiger partial charge in [-0.15, -0.1) is 23.5 Å². The van der Waals surface area contributed by atoms with E-state index in [-0.39, 0.29) is 40.9 Å². The molecule has 3 heterocycles. The van der Waals surface area contributed by atoms with Crippen molar-refractivity contribution in [3.05, 3.63) is 45.0 Å². The first-order valence-corrected chi connectivity index (χ1v) is 15.5. The van der Waals surface area contributed by atoms with Crippen LogP contribution < -0.4 is 16.4 Å². The zero-order chi connectivity index (χ0) is 29.1. The summed E-state index contributed by atoms with van der Waals surface area (Å²) in [6.45, 7) is 0. The fourth-order valence-electron chi connectivity index (χ4n) is 3.82. The monoisotopic (exact) mass is 661 g/mol. The number of carboxylic acid groups (broad SMARTS) is 2. The number of nitrogens with one attached hydrogen (secondary N) is 2. The molecule has 40 heavy (non-hydrogen) atoms. The number of amides is 2. The van der Waals surface area contributed by atoms with Crippen LogP contribution in [0.1, 0.15) is 17.7 Å². The minimum atomic E-state index is -1.28. The van der Waals surface area contributed by atoms with Gasteiger partial charge in [0.15, 0.2) is 5.13 Å². The van der Waals surface area contributed by atoms with Crippen molar-refractivity contribution in [2.45, 2.75) is 35.2 Å². The van der Waals surface area contributed by atoms with E-state index in [9.17, 15) is 24.3 Å². The van der Waals surface area contributed by atoms with E-state index in [1.807, 2.05) is 0 Å². The molecule has 212 valence electrons. The van der Waals surface area contributed by atoms with Crippen molar-refractivity contribution >= 4 is 110 Å². The highest BCUT2D eigenvalue weighted by molar-refractivity contribution is 8.00. The molecular weight excluding hydrogens is 641 g/mol. The SMILES string of the molecule is NC(CCC(=O)O)C(=S)Nc1ncc(C2=C(C(=O)O)N3C(=O)C(NC(=O)CSc4ccc(Cl)c(Cl)c4)C3SC2)s1. The number of carboxylic acids is 2. The van der Waals surface area contributed by atoms with E-state index in [0.717, 1.165) is 16.2 Å². The summed E-state index contributed by atoms with van der Waals surface area (Å²) in [6.07, 6.45) is 1.48. The lowest BCUT2D eigenvalue weighted by Gasteiger charge is -2.49. The molecule has 0 saturated carbocycles. The lowest BCUT2D eigenvalue weighted by Crippen LogP contribution is -2.70. The number of carbonyl (C=O) groups is 4. The lowest BCUT2D eigenvalue weighted by atomic mass is 10.0. The number of hydrogen-bond donors (Lipinski definition) is 5. The molecule has 0 bridgehead atoms. The van der Waals surface area contributed by atoms with Crippen LogP contribution in [0, 0.1) is 0 Å². The first-order valence-electron chi connectivity index (χ1n) is 11.5. The number of anilines is 1. The number of fused-ring (bicyclic) bond motifs is 1. The molecule has 0 spiro atoms. The number of hydrogen-bond acceptors (Lipinski definition) is 10. The van der Waals surface area contributed by atoms with Crippen LogP contribution in [0.25, 0.3) is 5.57 Å². The van der Waals surface area contributed by atoms with Crippen LogP contribution in [0.3, 0.4) is 0 Å². The third-order valence-corrected chi connectivity index (χ3v) is 10.2. The van der Waals surface area contributed by atoms with Gasteiger partial charge in [0.2, 0.25) is 5.91 Å². The van der Waals surface area contributed by atoms with E-state index in [1.165, 1.54) is 34.6 Å². The second kappa shape index (κ2) is 13.1. The number of thioether (sulfide) groups is 2. The van der Waals surface area contributed by atoms with Crippen LogP contribution in [0.2, 0.25) is 10.0 Å². The highest BCUT2D eigenvalue weighted by Crippen LogP contribution is 2.44. The van der Waals surface area contributed by atoms with Crippen LogP contribution in [0.4, 0.5) is 5.13 Å². The molecule has 1 aromatic heterocycles. The number of thiazole rings is 1. The van der Waals surface area contributed by atoms with E-state index in [4.69, 9.17) is 46.3 Å². The van der Waals surface area contributed by atoms with Crippen molar-refractivity contribution < 1.29 is 29.4 Å². The normalized spacial score (nSPS) is 19.0. The standard InChI is InChI=1S/C23H21Cl2N5O6S4/c24-11-2-1-9(5-12(11)25)38-8-15(31)28-17-20(34)30-18(22(35)36)10(7-39-21(17)30)14-6-27-23(40-14)29-19(37)13(26)3-4-16(32)33/h1-2,5-6,13,17,21H,3-4,7-8,26H2,(H,28,31)(H,32,33)(H,35,36)(H,27,29,37). The first kappa shape index (κ1) is 30.6. The number of β-lactam (4-membered cyclic amide) rings is 1. The Balaban J connectivity index is 1.40. The maximum absolute atomic E-state index is 13.0. The van der Waals surface area contributed by atoms with E-state index in [1.54, 1.807) is 18.2 Å². The molecule has 3 atom stereocenters. The van der Waals surface area contributed by atoms with Crippen molar-refractivity contribution in [1.29, 1.82) is 0 Å². The van der Waals surface area contributed by atoms with Crippen LogP contribution in [0.5, 0.6) is 0 Å². The number of nitrogens with zero attached hydrogens (tertiary/aromatic N) is 2. The van der Waals surface area contributed by atoms with Gasteiger partial charge in [-0.05, 0) is 24.6 Å².